The smallest absolute Gasteiger partial charge is 0.458 e. The molecule has 0 atom stereocenters. The van der Waals surface area contributed by atoms with E-state index in [1.165, 1.54) is 45.0 Å². The monoisotopic (exact) mass is 1230 g/mol. The van der Waals surface area contributed by atoms with Crippen LogP contribution in [0, 0.1) is 0 Å². The normalized spacial score (nSPS) is 14.4. The number of fused-ring (bicyclic) bond motifs is 2. The second-order valence-electron chi connectivity index (χ2n) is 17.7. The van der Waals surface area contributed by atoms with Crippen molar-refractivity contribution < 1.29 is 54.8 Å². The number of ether oxygens (including phenoxy) is 2. The minimum atomic E-state index is -3.57. The Morgan fingerprint density at radius 3 is 1.49 bits per heavy atom. The lowest BCUT2D eigenvalue weighted by atomic mass is 9.81. The zero-order chi connectivity index (χ0) is 57.0. The standard InChI is InChI=1S/C27H25ClN4O5S.C17H13BrClN3O2.C10H14BNO5S/c28-24-15-20(19-3-5-23(6-4-19)38(34,35)32-9-11-36-12-10-32)13-21-14-22(37-27(21)24)17-31-26(33)8-2-18-1-7-25(29)30-16-18;18-12-5-11-6-13(24-17(11)14(19)7-12)9-22-16(23)4-2-10-1-3-15(20)21-8-10;13-11(14)9-1-3-10(4-2-9)18(15,16)12-5-7-17-8-6-12/h1-8,13-16H,9-12,17H2,(H2,29,30)(H,31,33);1-8H,9H2,(H2,20,21)(H,22,23);1-4,13-14H,5-8H2/b8-2+;4-2+;. The van der Waals surface area contributed by atoms with Gasteiger partial charge in [0, 0.05) is 66.0 Å². The van der Waals surface area contributed by atoms with Crippen LogP contribution in [0.5, 0.6) is 0 Å². The molecule has 0 radical (unpaired) electrons. The van der Waals surface area contributed by atoms with Gasteiger partial charge in [0.1, 0.15) is 23.2 Å². The second-order valence-corrected chi connectivity index (χ2v) is 23.3. The van der Waals surface area contributed by atoms with Crippen LogP contribution in [0.25, 0.3) is 45.2 Å². The lowest BCUT2D eigenvalue weighted by molar-refractivity contribution is -0.117. The predicted molar refractivity (Wildman–Crippen MR) is 310 cm³/mol. The van der Waals surface area contributed by atoms with Gasteiger partial charge in [0.05, 0.1) is 59.4 Å². The van der Waals surface area contributed by atoms with Crippen molar-refractivity contribution in [2.24, 2.45) is 0 Å². The molecule has 2 saturated heterocycles. The summed E-state index contributed by atoms with van der Waals surface area (Å²) in [7, 11) is -8.68. The molecule has 6 heterocycles. The Kier molecular flexibility index (Phi) is 20.0. The summed E-state index contributed by atoms with van der Waals surface area (Å²) in [6.45, 7) is 3.39. The molecule has 8 N–H and O–H groups in total. The van der Waals surface area contributed by atoms with Gasteiger partial charge in [0.25, 0.3) is 0 Å². The number of nitrogens with one attached hydrogen (secondary N) is 2. The van der Waals surface area contributed by atoms with Crippen LogP contribution in [0.4, 0.5) is 11.6 Å². The molecule has 0 aliphatic carbocycles. The van der Waals surface area contributed by atoms with Crippen LogP contribution in [0.3, 0.4) is 0 Å². The summed E-state index contributed by atoms with van der Waals surface area (Å²) in [6, 6.07) is 30.1. The van der Waals surface area contributed by atoms with Gasteiger partial charge >= 0.3 is 7.12 Å². The molecule has 26 heteroatoms. The van der Waals surface area contributed by atoms with Gasteiger partial charge in [0.15, 0.2) is 11.2 Å². The number of hydrogen-bond acceptors (Lipinski definition) is 16. The van der Waals surface area contributed by atoms with E-state index in [0.29, 0.717) is 97.0 Å². The number of benzene rings is 4. The van der Waals surface area contributed by atoms with Crippen LogP contribution in [-0.2, 0) is 52.2 Å². The van der Waals surface area contributed by atoms with Crippen LogP contribution < -0.4 is 27.6 Å². The maximum Gasteiger partial charge on any atom is 0.488 e. The number of pyridine rings is 2. The topological polar surface area (TPSA) is 296 Å². The molecule has 80 heavy (non-hydrogen) atoms. The Morgan fingerprint density at radius 2 is 1.05 bits per heavy atom. The van der Waals surface area contributed by atoms with Gasteiger partial charge in [-0.2, -0.15) is 8.61 Å². The van der Waals surface area contributed by atoms with Crippen LogP contribution in [0.2, 0.25) is 10.0 Å². The van der Waals surface area contributed by atoms with E-state index in [-0.39, 0.29) is 40.2 Å². The minimum absolute atomic E-state index is 0.147. The first kappa shape index (κ1) is 59.2. The highest BCUT2D eigenvalue weighted by molar-refractivity contribution is 9.10. The van der Waals surface area contributed by atoms with Gasteiger partial charge < -0.3 is 50.5 Å². The fourth-order valence-electron chi connectivity index (χ4n) is 7.98. The predicted octanol–water partition coefficient (Wildman–Crippen LogP) is 6.62. The summed E-state index contributed by atoms with van der Waals surface area (Å²) in [4.78, 5) is 32.4. The fourth-order valence-corrected chi connectivity index (χ4v) is 11.9. The molecule has 0 bridgehead atoms. The highest BCUT2D eigenvalue weighted by atomic mass is 79.9. The van der Waals surface area contributed by atoms with E-state index in [0.717, 1.165) is 37.5 Å². The van der Waals surface area contributed by atoms with Crippen LogP contribution >= 0.6 is 39.1 Å². The van der Waals surface area contributed by atoms with Crippen molar-refractivity contribution in [1.29, 1.82) is 0 Å². The molecule has 0 spiro atoms. The van der Waals surface area contributed by atoms with Crippen molar-refractivity contribution in [1.82, 2.24) is 29.2 Å². The minimum Gasteiger partial charge on any atom is -0.458 e. The van der Waals surface area contributed by atoms with E-state index in [1.54, 1.807) is 85.2 Å². The number of carbonyl (C=O) groups excluding carboxylic acids is 2. The Balaban J connectivity index is 0.000000171. The number of halogens is 3. The SMILES string of the molecule is Nc1ccc(/C=C/C(=O)NCc2cc3cc(-c4ccc(S(=O)(=O)N5CCOCC5)cc4)cc(Cl)c3o2)cn1.Nc1ccc(/C=C/C(=O)NCc2cc3cc(Br)cc(Cl)c3o2)cn1.O=S(=O)(c1ccc(B(O)O)cc1)N1CCOCC1. The summed E-state index contributed by atoms with van der Waals surface area (Å²) in [5, 5.41) is 26.0. The molecule has 4 aromatic heterocycles. The summed E-state index contributed by atoms with van der Waals surface area (Å²) >= 11 is 16.0. The molecule has 20 nitrogen and oxygen atoms in total. The molecular formula is C54H52BBrCl2N8O12S2. The van der Waals surface area contributed by atoms with Crippen LogP contribution in [-0.4, -0.2) is 117 Å². The molecule has 2 amide bonds. The molecule has 2 fully saturated rings. The Morgan fingerprint density at radius 1 is 0.613 bits per heavy atom. The lowest BCUT2D eigenvalue weighted by Gasteiger charge is -2.26. The number of rotatable bonds is 14. The lowest BCUT2D eigenvalue weighted by Crippen LogP contribution is -2.40. The van der Waals surface area contributed by atoms with Crippen molar-refractivity contribution in [3.63, 3.8) is 0 Å². The number of nitrogens with two attached hydrogens (primary N) is 2. The largest absolute Gasteiger partial charge is 0.488 e. The van der Waals surface area contributed by atoms with Gasteiger partial charge in [-0.3, -0.25) is 9.59 Å². The van der Waals surface area contributed by atoms with Gasteiger partial charge in [-0.25, -0.2) is 26.8 Å². The maximum absolute atomic E-state index is 12.9. The number of amides is 2. The molecule has 10 rings (SSSR count). The third kappa shape index (κ3) is 15.7. The number of sulfonamides is 2. The molecule has 2 aliphatic heterocycles. The molecular weight excluding hydrogens is 1180 g/mol. The number of anilines is 2. The Bertz CT molecular complexity index is 3750. The summed E-state index contributed by atoms with van der Waals surface area (Å²) < 4.78 is 75.8. The van der Waals surface area contributed by atoms with E-state index >= 15 is 0 Å². The zero-order valence-electron chi connectivity index (χ0n) is 42.4. The quantitative estimate of drug-likeness (QED) is 0.0492. The summed E-state index contributed by atoms with van der Waals surface area (Å²) in [5.74, 6) is 1.49. The Labute approximate surface area is 479 Å². The first-order valence-electron chi connectivity index (χ1n) is 24.5. The number of morpholine rings is 2. The van der Waals surface area contributed by atoms with Crippen molar-refractivity contribution in [3.05, 3.63) is 171 Å². The molecule has 0 saturated carbocycles. The number of aromatic nitrogens is 2. The van der Waals surface area contributed by atoms with E-state index in [4.69, 9.17) is 63.0 Å². The third-order valence-corrected chi connectivity index (χ3v) is 17.0. The summed E-state index contributed by atoms with van der Waals surface area (Å²) in [6.07, 6.45) is 9.31. The average molecular weight is 1230 g/mol. The van der Waals surface area contributed by atoms with E-state index in [1.807, 2.05) is 24.3 Å². The average Bonchev–Trinajstić information content (AvgIpc) is 4.09. The zero-order valence-corrected chi connectivity index (χ0v) is 47.1. The van der Waals surface area contributed by atoms with Crippen LogP contribution in [0.1, 0.15) is 22.6 Å². The number of nitrogens with zero attached hydrogens (tertiary/aromatic N) is 4. The maximum atomic E-state index is 12.9. The van der Waals surface area contributed by atoms with Crippen LogP contribution in [0.15, 0.2) is 157 Å². The van der Waals surface area contributed by atoms with E-state index < -0.39 is 27.2 Å². The third-order valence-electron chi connectivity index (χ3n) is 12.1. The molecule has 2 aliphatic rings. The Hall–Kier alpha value is -6.94. The summed E-state index contributed by atoms with van der Waals surface area (Å²) in [5.41, 5.74) is 15.6. The number of nitrogen functional groups attached to an aromatic ring is 2. The fraction of sp³-hybridized carbons (Fsp3) is 0.185. The van der Waals surface area contributed by atoms with Crippen molar-refractivity contribution in [3.8, 4) is 11.1 Å². The molecule has 0 unspecified atom stereocenters. The van der Waals surface area contributed by atoms with Gasteiger partial charge in [0.2, 0.25) is 31.9 Å². The van der Waals surface area contributed by atoms with E-state index in [2.05, 4.69) is 36.5 Å². The first-order valence-corrected chi connectivity index (χ1v) is 28.9. The van der Waals surface area contributed by atoms with Gasteiger partial charge in [-0.05, 0) is 125 Å². The van der Waals surface area contributed by atoms with Crippen molar-refractivity contribution in [2.75, 3.05) is 64.1 Å². The molecule has 4 aromatic carbocycles. The number of furan rings is 2. The molecule has 8 aromatic rings. The highest BCUT2D eigenvalue weighted by Gasteiger charge is 2.28. The first-order chi connectivity index (χ1) is 38.3. The van der Waals surface area contributed by atoms with Crippen molar-refractivity contribution >= 4 is 129 Å². The van der Waals surface area contributed by atoms with Gasteiger partial charge in [-0.15, -0.1) is 0 Å². The van der Waals surface area contributed by atoms with Crippen molar-refractivity contribution in [2.45, 2.75) is 22.9 Å². The highest BCUT2D eigenvalue weighted by Crippen LogP contribution is 2.34. The molecule has 416 valence electrons. The number of hydrogen-bond donors (Lipinski definition) is 6. The second kappa shape index (κ2) is 27.0. The number of carbonyl (C=O) groups is 2. The van der Waals surface area contributed by atoms with Gasteiger partial charge in [-0.1, -0.05) is 63.4 Å². The van der Waals surface area contributed by atoms with E-state index in [9.17, 15) is 26.4 Å².